The molecule has 0 aliphatic heterocycles. The van der Waals surface area contributed by atoms with Crippen molar-refractivity contribution in [3.8, 4) is 22.5 Å². The summed E-state index contributed by atoms with van der Waals surface area (Å²) in [5.74, 6) is -0.264. The van der Waals surface area contributed by atoms with E-state index in [2.05, 4.69) is 172 Å². The molecule has 0 saturated carbocycles. The molecule has 3 nitrogen and oxygen atoms in total. The molecule has 2 aromatic heterocycles. The summed E-state index contributed by atoms with van der Waals surface area (Å²) in [6.07, 6.45) is 0. The molecule has 0 aliphatic rings. The number of benzene rings is 8. The molecule has 10 aromatic rings. The van der Waals surface area contributed by atoms with Gasteiger partial charge in [-0.05, 0) is 102 Å². The summed E-state index contributed by atoms with van der Waals surface area (Å²) in [6, 6.07) is 67.0. The Hall–Kier alpha value is -6.91. The van der Waals surface area contributed by atoms with Gasteiger partial charge in [-0.15, -0.1) is 0 Å². The number of hydrogen-bond donors (Lipinski definition) is 0. The van der Waals surface area contributed by atoms with Crippen molar-refractivity contribution >= 4 is 60.7 Å². The van der Waals surface area contributed by atoms with Gasteiger partial charge in [-0.2, -0.15) is 0 Å². The van der Waals surface area contributed by atoms with Crippen LogP contribution in [0.3, 0.4) is 0 Å². The lowest BCUT2D eigenvalue weighted by molar-refractivity contribution is 0.628. The van der Waals surface area contributed by atoms with Crippen LogP contribution in [0.2, 0.25) is 0 Å². The largest absolute Gasteiger partial charge is 0.310 e. The second-order valence-corrected chi connectivity index (χ2v) is 13.2. The Morgan fingerprint density at radius 3 is 1.52 bits per heavy atom. The van der Waals surface area contributed by atoms with Crippen LogP contribution in [0.1, 0.15) is 0 Å². The minimum atomic E-state index is -0.264. The number of nitrogens with zero attached hydrogens (tertiary/aromatic N) is 3. The fourth-order valence-electron chi connectivity index (χ4n) is 7.80. The van der Waals surface area contributed by atoms with E-state index in [1.807, 2.05) is 24.3 Å². The van der Waals surface area contributed by atoms with Gasteiger partial charge in [-0.1, -0.05) is 103 Å². The molecular weight excluding hydrogens is 638 g/mol. The standard InChI is InChI=1S/C48H32FN3/c49-35-21-25-37(26-22-35)50(39-28-30-47-44(31-39)42-16-8-10-18-46(42)51(47)36-13-5-2-6-14-36)40-27-29-43-41-15-7-9-17-45(41)52(48(43)32-40)38-23-19-34(20-24-38)33-11-3-1-4-12-33/h1-32H. The van der Waals surface area contributed by atoms with E-state index in [4.69, 9.17) is 0 Å². The molecule has 10 rings (SSSR count). The molecule has 0 fully saturated rings. The maximum absolute atomic E-state index is 14.4. The van der Waals surface area contributed by atoms with Gasteiger partial charge in [0, 0.05) is 50.0 Å². The van der Waals surface area contributed by atoms with E-state index in [0.717, 1.165) is 55.9 Å². The summed E-state index contributed by atoms with van der Waals surface area (Å²) in [5.41, 5.74) is 11.9. The van der Waals surface area contributed by atoms with Crippen LogP contribution in [0.15, 0.2) is 194 Å². The molecule has 4 heteroatoms. The van der Waals surface area contributed by atoms with E-state index in [1.54, 1.807) is 0 Å². The number of halogens is 1. The molecule has 2 heterocycles. The summed E-state index contributed by atoms with van der Waals surface area (Å²) in [7, 11) is 0. The number of hydrogen-bond acceptors (Lipinski definition) is 1. The molecule has 0 amide bonds. The summed E-state index contributed by atoms with van der Waals surface area (Å²) in [4.78, 5) is 2.23. The predicted octanol–water partition coefficient (Wildman–Crippen LogP) is 13.2. The first-order chi connectivity index (χ1) is 25.7. The van der Waals surface area contributed by atoms with Gasteiger partial charge in [-0.3, -0.25) is 0 Å². The van der Waals surface area contributed by atoms with Crippen molar-refractivity contribution in [1.82, 2.24) is 9.13 Å². The topological polar surface area (TPSA) is 13.1 Å². The molecular formula is C48H32FN3. The lowest BCUT2D eigenvalue weighted by atomic mass is 10.1. The molecule has 52 heavy (non-hydrogen) atoms. The quantitative estimate of drug-likeness (QED) is 0.172. The van der Waals surface area contributed by atoms with Crippen LogP contribution in [-0.2, 0) is 0 Å². The smallest absolute Gasteiger partial charge is 0.123 e. The van der Waals surface area contributed by atoms with Crippen LogP contribution in [-0.4, -0.2) is 9.13 Å². The third-order valence-corrected chi connectivity index (χ3v) is 10.2. The molecule has 0 N–H and O–H groups in total. The molecule has 0 atom stereocenters. The normalized spacial score (nSPS) is 11.6. The van der Waals surface area contributed by atoms with Crippen molar-refractivity contribution in [2.24, 2.45) is 0 Å². The zero-order valence-corrected chi connectivity index (χ0v) is 28.2. The van der Waals surface area contributed by atoms with Crippen molar-refractivity contribution in [2.45, 2.75) is 0 Å². The van der Waals surface area contributed by atoms with Crippen molar-refractivity contribution in [3.63, 3.8) is 0 Å². The monoisotopic (exact) mass is 669 g/mol. The number of fused-ring (bicyclic) bond motifs is 6. The minimum absolute atomic E-state index is 0.264. The summed E-state index contributed by atoms with van der Waals surface area (Å²) < 4.78 is 19.1. The molecule has 0 bridgehead atoms. The third kappa shape index (κ3) is 4.88. The molecule has 0 spiro atoms. The van der Waals surface area contributed by atoms with E-state index < -0.39 is 0 Å². The SMILES string of the molecule is Fc1ccc(N(c2ccc3c(c2)c2ccccc2n3-c2ccccc2)c2ccc3c4ccccc4n(-c4ccc(-c5ccccc5)cc4)c3c2)cc1. The van der Waals surface area contributed by atoms with Gasteiger partial charge < -0.3 is 14.0 Å². The van der Waals surface area contributed by atoms with Crippen molar-refractivity contribution in [3.05, 3.63) is 200 Å². The van der Waals surface area contributed by atoms with E-state index in [1.165, 1.54) is 39.4 Å². The summed E-state index contributed by atoms with van der Waals surface area (Å²) in [5, 5.41) is 4.70. The zero-order chi connectivity index (χ0) is 34.6. The fourth-order valence-corrected chi connectivity index (χ4v) is 7.80. The Kier molecular flexibility index (Phi) is 7.00. The van der Waals surface area contributed by atoms with Gasteiger partial charge in [0.2, 0.25) is 0 Å². The van der Waals surface area contributed by atoms with Gasteiger partial charge >= 0.3 is 0 Å². The maximum atomic E-state index is 14.4. The highest BCUT2D eigenvalue weighted by Crippen LogP contribution is 2.42. The highest BCUT2D eigenvalue weighted by molar-refractivity contribution is 6.12. The van der Waals surface area contributed by atoms with Crippen molar-refractivity contribution in [2.75, 3.05) is 4.90 Å². The van der Waals surface area contributed by atoms with Crippen molar-refractivity contribution < 1.29 is 4.39 Å². The van der Waals surface area contributed by atoms with Gasteiger partial charge in [0.1, 0.15) is 5.82 Å². The van der Waals surface area contributed by atoms with Crippen LogP contribution >= 0.6 is 0 Å². The van der Waals surface area contributed by atoms with E-state index in [0.29, 0.717) is 0 Å². The maximum Gasteiger partial charge on any atom is 0.123 e. The number of aromatic nitrogens is 2. The van der Waals surface area contributed by atoms with Gasteiger partial charge in [0.25, 0.3) is 0 Å². The van der Waals surface area contributed by atoms with Crippen LogP contribution in [0.25, 0.3) is 66.1 Å². The van der Waals surface area contributed by atoms with Crippen LogP contribution in [0.4, 0.5) is 21.5 Å². The second-order valence-electron chi connectivity index (χ2n) is 13.2. The molecule has 0 saturated heterocycles. The highest BCUT2D eigenvalue weighted by Gasteiger charge is 2.20. The molecule has 0 radical (unpaired) electrons. The van der Waals surface area contributed by atoms with Gasteiger partial charge in [0.05, 0.1) is 22.1 Å². The predicted molar refractivity (Wildman–Crippen MR) is 215 cm³/mol. The van der Waals surface area contributed by atoms with Crippen LogP contribution in [0.5, 0.6) is 0 Å². The Balaban J connectivity index is 1.18. The molecule has 8 aromatic carbocycles. The van der Waals surface area contributed by atoms with Gasteiger partial charge in [0.15, 0.2) is 0 Å². The summed E-state index contributed by atoms with van der Waals surface area (Å²) >= 11 is 0. The first-order valence-corrected chi connectivity index (χ1v) is 17.5. The number of para-hydroxylation sites is 3. The Labute approximate surface area is 300 Å². The van der Waals surface area contributed by atoms with Crippen LogP contribution < -0.4 is 4.90 Å². The number of anilines is 3. The first-order valence-electron chi connectivity index (χ1n) is 17.5. The average Bonchev–Trinajstić information content (AvgIpc) is 3.72. The second kappa shape index (κ2) is 12.1. The highest BCUT2D eigenvalue weighted by atomic mass is 19.1. The summed E-state index contributed by atoms with van der Waals surface area (Å²) in [6.45, 7) is 0. The Morgan fingerprint density at radius 1 is 0.327 bits per heavy atom. The minimum Gasteiger partial charge on any atom is -0.310 e. The molecule has 246 valence electrons. The molecule has 0 unspecified atom stereocenters. The van der Waals surface area contributed by atoms with Crippen molar-refractivity contribution in [1.29, 1.82) is 0 Å². The zero-order valence-electron chi connectivity index (χ0n) is 28.2. The van der Waals surface area contributed by atoms with E-state index >= 15 is 0 Å². The Bertz CT molecular complexity index is 2890. The average molecular weight is 670 g/mol. The first kappa shape index (κ1) is 30.0. The lowest BCUT2D eigenvalue weighted by Crippen LogP contribution is -2.10. The molecule has 0 aliphatic carbocycles. The number of rotatable bonds is 6. The fraction of sp³-hybridized carbons (Fsp3) is 0. The van der Waals surface area contributed by atoms with E-state index in [9.17, 15) is 4.39 Å². The van der Waals surface area contributed by atoms with Gasteiger partial charge in [-0.25, -0.2) is 4.39 Å². The van der Waals surface area contributed by atoms with Crippen LogP contribution in [0, 0.1) is 5.82 Å². The van der Waals surface area contributed by atoms with E-state index in [-0.39, 0.29) is 5.82 Å². The Morgan fingerprint density at radius 2 is 0.808 bits per heavy atom. The third-order valence-electron chi connectivity index (χ3n) is 10.2. The lowest BCUT2D eigenvalue weighted by Gasteiger charge is -2.26.